The van der Waals surface area contributed by atoms with E-state index in [1.165, 1.54) is 0 Å². The van der Waals surface area contributed by atoms with Crippen molar-refractivity contribution in [3.05, 3.63) is 42.2 Å². The number of hydrogen-bond donors (Lipinski definition) is 1. The third-order valence-electron chi connectivity index (χ3n) is 2.39. The van der Waals surface area contributed by atoms with Crippen LogP contribution in [0.5, 0.6) is 0 Å². The van der Waals surface area contributed by atoms with E-state index in [0.29, 0.717) is 17.2 Å². The maximum absolute atomic E-state index is 8.85. The first-order chi connectivity index (χ1) is 8.22. The molecule has 0 aliphatic carbocycles. The lowest BCUT2D eigenvalue weighted by Crippen LogP contribution is -2.14. The topological polar surface area (TPSA) is 78.8 Å². The summed E-state index contributed by atoms with van der Waals surface area (Å²) < 4.78 is 0. The summed E-state index contributed by atoms with van der Waals surface area (Å²) in [5.41, 5.74) is 7.19. The molecule has 2 rings (SSSR count). The van der Waals surface area contributed by atoms with Crippen molar-refractivity contribution in [1.29, 1.82) is 5.26 Å². The van der Waals surface area contributed by atoms with E-state index in [-0.39, 0.29) is 0 Å². The van der Waals surface area contributed by atoms with Crippen LogP contribution in [0.3, 0.4) is 0 Å². The molecule has 1 aromatic carbocycles. The van der Waals surface area contributed by atoms with Crippen molar-refractivity contribution in [1.82, 2.24) is 9.97 Å². The second-order valence-corrected chi connectivity index (χ2v) is 3.49. The average molecular weight is 225 g/mol. The quantitative estimate of drug-likeness (QED) is 0.841. The highest BCUT2D eigenvalue weighted by Gasteiger charge is 2.09. The Morgan fingerprint density at radius 2 is 2.06 bits per heavy atom. The molecular formula is C12H11N5. The van der Waals surface area contributed by atoms with Crippen LogP contribution in [0.2, 0.25) is 0 Å². The number of anilines is 3. The second kappa shape index (κ2) is 4.49. The van der Waals surface area contributed by atoms with Crippen LogP contribution in [0.1, 0.15) is 5.56 Å². The lowest BCUT2D eigenvalue weighted by Gasteiger charge is -2.19. The molecule has 2 N–H and O–H groups in total. The highest BCUT2D eigenvalue weighted by atomic mass is 15.2. The number of benzene rings is 1. The fourth-order valence-electron chi connectivity index (χ4n) is 1.51. The molecule has 5 heteroatoms. The zero-order valence-electron chi connectivity index (χ0n) is 9.33. The van der Waals surface area contributed by atoms with Crippen molar-refractivity contribution >= 4 is 17.3 Å². The Kier molecular flexibility index (Phi) is 2.88. The molecule has 84 valence electrons. The summed E-state index contributed by atoms with van der Waals surface area (Å²) in [6.07, 6.45) is 3.12. The lowest BCUT2D eigenvalue weighted by atomic mass is 10.2. The standard InChI is InChI=1S/C12H11N5/c1-17(12-11(14)15-5-6-16-12)10-4-2-3-9(7-10)8-13/h2-7H,1H3,(H2,14,15). The molecule has 0 aliphatic rings. The molecule has 0 amide bonds. The first-order valence-corrected chi connectivity index (χ1v) is 5.03. The van der Waals surface area contributed by atoms with Gasteiger partial charge in [-0.1, -0.05) is 6.07 Å². The predicted octanol–water partition coefficient (Wildman–Crippen LogP) is 1.70. The Morgan fingerprint density at radius 3 is 2.76 bits per heavy atom. The van der Waals surface area contributed by atoms with Gasteiger partial charge in [0.15, 0.2) is 11.6 Å². The average Bonchev–Trinajstić information content (AvgIpc) is 2.38. The molecular weight excluding hydrogens is 214 g/mol. The summed E-state index contributed by atoms with van der Waals surface area (Å²) in [4.78, 5) is 9.94. The first kappa shape index (κ1) is 10.9. The first-order valence-electron chi connectivity index (χ1n) is 5.03. The van der Waals surface area contributed by atoms with Crippen LogP contribution in [0, 0.1) is 11.3 Å². The zero-order valence-corrected chi connectivity index (χ0v) is 9.33. The van der Waals surface area contributed by atoms with Crippen LogP contribution in [-0.2, 0) is 0 Å². The van der Waals surface area contributed by atoms with E-state index in [2.05, 4.69) is 16.0 Å². The van der Waals surface area contributed by atoms with Crippen LogP contribution in [-0.4, -0.2) is 17.0 Å². The molecule has 0 saturated heterocycles. The molecule has 0 unspecified atom stereocenters. The van der Waals surface area contributed by atoms with Gasteiger partial charge in [-0.15, -0.1) is 0 Å². The Hall–Kier alpha value is -2.61. The number of nitrogens with zero attached hydrogens (tertiary/aromatic N) is 4. The van der Waals surface area contributed by atoms with E-state index in [0.717, 1.165) is 5.69 Å². The Balaban J connectivity index is 2.41. The molecule has 0 saturated carbocycles. The number of nitriles is 1. The summed E-state index contributed by atoms with van der Waals surface area (Å²) in [6.45, 7) is 0. The molecule has 0 spiro atoms. The molecule has 1 heterocycles. The Morgan fingerprint density at radius 1 is 1.29 bits per heavy atom. The van der Waals surface area contributed by atoms with E-state index in [1.54, 1.807) is 29.4 Å². The lowest BCUT2D eigenvalue weighted by molar-refractivity contribution is 1.09. The van der Waals surface area contributed by atoms with Crippen LogP contribution in [0.4, 0.5) is 17.3 Å². The third-order valence-corrected chi connectivity index (χ3v) is 2.39. The van der Waals surface area contributed by atoms with Gasteiger partial charge in [-0.05, 0) is 18.2 Å². The van der Waals surface area contributed by atoms with E-state index in [1.807, 2.05) is 19.2 Å². The van der Waals surface area contributed by atoms with Crippen LogP contribution < -0.4 is 10.6 Å². The number of hydrogen-bond acceptors (Lipinski definition) is 5. The van der Waals surface area contributed by atoms with E-state index in [4.69, 9.17) is 11.0 Å². The number of rotatable bonds is 2. The Labute approximate surface area is 99.1 Å². The molecule has 17 heavy (non-hydrogen) atoms. The van der Waals surface area contributed by atoms with Gasteiger partial charge >= 0.3 is 0 Å². The van der Waals surface area contributed by atoms with Crippen molar-refractivity contribution in [2.24, 2.45) is 0 Å². The minimum absolute atomic E-state index is 0.359. The van der Waals surface area contributed by atoms with Crippen LogP contribution >= 0.6 is 0 Å². The molecule has 1 aromatic heterocycles. The number of nitrogens with two attached hydrogens (primary N) is 1. The minimum Gasteiger partial charge on any atom is -0.381 e. The van der Waals surface area contributed by atoms with Gasteiger partial charge in [-0.2, -0.15) is 5.26 Å². The van der Waals surface area contributed by atoms with Gasteiger partial charge in [0.1, 0.15) is 0 Å². The fourth-order valence-corrected chi connectivity index (χ4v) is 1.51. The maximum atomic E-state index is 8.85. The highest BCUT2D eigenvalue weighted by molar-refractivity contribution is 5.68. The fraction of sp³-hybridized carbons (Fsp3) is 0.0833. The van der Waals surface area contributed by atoms with Crippen LogP contribution in [0.25, 0.3) is 0 Å². The number of nitrogen functional groups attached to an aromatic ring is 1. The molecule has 2 aromatic rings. The highest BCUT2D eigenvalue weighted by Crippen LogP contribution is 2.25. The molecule has 0 aliphatic heterocycles. The van der Waals surface area contributed by atoms with Gasteiger partial charge in [-0.25, -0.2) is 9.97 Å². The normalized spacial score (nSPS) is 9.65. The largest absolute Gasteiger partial charge is 0.381 e. The minimum atomic E-state index is 0.359. The zero-order chi connectivity index (χ0) is 12.3. The van der Waals surface area contributed by atoms with Crippen molar-refractivity contribution in [3.8, 4) is 6.07 Å². The molecule has 0 radical (unpaired) electrons. The third kappa shape index (κ3) is 2.16. The van der Waals surface area contributed by atoms with Crippen LogP contribution in [0.15, 0.2) is 36.7 Å². The van der Waals surface area contributed by atoms with Crippen molar-refractivity contribution in [2.75, 3.05) is 17.7 Å². The monoisotopic (exact) mass is 225 g/mol. The molecule has 0 fully saturated rings. The number of aromatic nitrogens is 2. The summed E-state index contributed by atoms with van der Waals surface area (Å²) in [6, 6.07) is 9.31. The smallest absolute Gasteiger partial charge is 0.175 e. The van der Waals surface area contributed by atoms with Gasteiger partial charge in [0.05, 0.1) is 11.6 Å². The summed E-state index contributed by atoms with van der Waals surface area (Å²) in [5.74, 6) is 0.931. The van der Waals surface area contributed by atoms with E-state index >= 15 is 0 Å². The SMILES string of the molecule is CN(c1cccc(C#N)c1)c1nccnc1N. The maximum Gasteiger partial charge on any atom is 0.175 e. The summed E-state index contributed by atoms with van der Waals surface area (Å²) in [5, 5.41) is 8.85. The predicted molar refractivity (Wildman–Crippen MR) is 65.7 cm³/mol. The molecule has 5 nitrogen and oxygen atoms in total. The molecule has 0 atom stereocenters. The van der Waals surface area contributed by atoms with Gasteiger partial charge in [-0.3, -0.25) is 0 Å². The van der Waals surface area contributed by atoms with Crippen molar-refractivity contribution < 1.29 is 0 Å². The van der Waals surface area contributed by atoms with Gasteiger partial charge < -0.3 is 10.6 Å². The van der Waals surface area contributed by atoms with Gasteiger partial charge in [0.2, 0.25) is 0 Å². The molecule has 0 bridgehead atoms. The Bertz CT molecular complexity index is 573. The van der Waals surface area contributed by atoms with E-state index < -0.39 is 0 Å². The summed E-state index contributed by atoms with van der Waals surface area (Å²) in [7, 11) is 1.83. The van der Waals surface area contributed by atoms with Gasteiger partial charge in [0.25, 0.3) is 0 Å². The second-order valence-electron chi connectivity index (χ2n) is 3.49. The van der Waals surface area contributed by atoms with Crippen molar-refractivity contribution in [3.63, 3.8) is 0 Å². The van der Waals surface area contributed by atoms with Crippen molar-refractivity contribution in [2.45, 2.75) is 0 Å². The van der Waals surface area contributed by atoms with E-state index in [9.17, 15) is 0 Å². The van der Waals surface area contributed by atoms with Gasteiger partial charge in [0, 0.05) is 25.1 Å². The summed E-state index contributed by atoms with van der Waals surface area (Å²) >= 11 is 0.